The molecule has 3 heteroatoms. The van der Waals surface area contributed by atoms with Crippen LogP contribution in [0.2, 0.25) is 0 Å². The van der Waals surface area contributed by atoms with Crippen molar-refractivity contribution in [1.29, 1.82) is 0 Å². The monoisotopic (exact) mass is 272 g/mol. The van der Waals surface area contributed by atoms with Crippen LogP contribution in [0.15, 0.2) is 36.4 Å². The van der Waals surface area contributed by atoms with Crippen molar-refractivity contribution in [2.75, 3.05) is 19.8 Å². The third-order valence-corrected chi connectivity index (χ3v) is 3.06. The van der Waals surface area contributed by atoms with Crippen molar-refractivity contribution in [2.45, 2.75) is 26.8 Å². The van der Waals surface area contributed by atoms with Crippen molar-refractivity contribution in [3.05, 3.63) is 42.1 Å². The number of benzene rings is 1. The fraction of sp³-hybridized carbons (Fsp3) is 0.471. The highest BCUT2D eigenvalue weighted by molar-refractivity contribution is 5.78. The van der Waals surface area contributed by atoms with Gasteiger partial charge in [0.15, 0.2) is 0 Å². The van der Waals surface area contributed by atoms with Gasteiger partial charge in [-0.15, -0.1) is 0 Å². The van der Waals surface area contributed by atoms with Crippen LogP contribution in [0.5, 0.6) is 0 Å². The number of nitrogens with zero attached hydrogens (tertiary/aromatic N) is 1. The molecule has 0 saturated heterocycles. The van der Waals surface area contributed by atoms with Gasteiger partial charge in [-0.05, 0) is 31.0 Å². The topological polar surface area (TPSA) is 34.1 Å². The second kappa shape index (κ2) is 7.98. The molecule has 20 heavy (non-hydrogen) atoms. The summed E-state index contributed by atoms with van der Waals surface area (Å²) in [5, 5.41) is 4.60. The van der Waals surface area contributed by atoms with Crippen molar-refractivity contribution in [2.24, 2.45) is 5.92 Å². The zero-order valence-corrected chi connectivity index (χ0v) is 12.4. The third kappa shape index (κ3) is 4.91. The van der Waals surface area contributed by atoms with E-state index in [2.05, 4.69) is 48.4 Å². The Morgan fingerprint density at radius 3 is 2.85 bits per heavy atom. The van der Waals surface area contributed by atoms with Gasteiger partial charge in [0.05, 0.1) is 11.2 Å². The normalized spacial score (nSPS) is 11.3. The predicted octanol–water partition coefficient (Wildman–Crippen LogP) is 3.39. The minimum atomic E-state index is 0.616. The van der Waals surface area contributed by atoms with Crippen molar-refractivity contribution in [3.63, 3.8) is 0 Å². The van der Waals surface area contributed by atoms with Gasteiger partial charge in [0.25, 0.3) is 0 Å². The summed E-state index contributed by atoms with van der Waals surface area (Å²) < 4.78 is 5.55. The molecule has 108 valence electrons. The molecule has 0 radical (unpaired) electrons. The maximum atomic E-state index is 5.55. The molecule has 0 aliphatic rings. The standard InChI is InChI=1S/C17H24N2O/c1-14(2)13-20-11-5-10-18-12-16-9-8-15-6-3-4-7-17(15)19-16/h3-4,6-9,14,18H,5,10-13H2,1-2H3. The number of rotatable bonds is 8. The molecule has 1 aromatic heterocycles. The van der Waals surface area contributed by atoms with Crippen LogP contribution in [-0.4, -0.2) is 24.7 Å². The van der Waals surface area contributed by atoms with Gasteiger partial charge in [0, 0.05) is 25.1 Å². The summed E-state index contributed by atoms with van der Waals surface area (Å²) in [6.45, 7) is 7.80. The molecular weight excluding hydrogens is 248 g/mol. The van der Waals surface area contributed by atoms with E-state index in [-0.39, 0.29) is 0 Å². The zero-order chi connectivity index (χ0) is 14.2. The quantitative estimate of drug-likeness (QED) is 0.748. The highest BCUT2D eigenvalue weighted by Gasteiger charge is 1.98. The highest BCUT2D eigenvalue weighted by atomic mass is 16.5. The van der Waals surface area contributed by atoms with E-state index < -0.39 is 0 Å². The number of aromatic nitrogens is 1. The Morgan fingerprint density at radius 2 is 2.00 bits per heavy atom. The molecule has 2 aromatic rings. The smallest absolute Gasteiger partial charge is 0.0705 e. The Balaban J connectivity index is 1.68. The van der Waals surface area contributed by atoms with Crippen LogP contribution < -0.4 is 5.32 Å². The Kier molecular flexibility index (Phi) is 5.96. The molecule has 0 unspecified atom stereocenters. The maximum Gasteiger partial charge on any atom is 0.0705 e. The van der Waals surface area contributed by atoms with Crippen LogP contribution in [0.4, 0.5) is 0 Å². The largest absolute Gasteiger partial charge is 0.381 e. The molecule has 0 spiro atoms. The average molecular weight is 272 g/mol. The highest BCUT2D eigenvalue weighted by Crippen LogP contribution is 2.11. The lowest BCUT2D eigenvalue weighted by Crippen LogP contribution is -2.17. The van der Waals surface area contributed by atoms with E-state index >= 15 is 0 Å². The second-order valence-corrected chi connectivity index (χ2v) is 5.49. The minimum Gasteiger partial charge on any atom is -0.381 e. The number of nitrogens with one attached hydrogen (secondary N) is 1. The summed E-state index contributed by atoms with van der Waals surface area (Å²) in [6, 6.07) is 12.4. The van der Waals surface area contributed by atoms with Gasteiger partial charge in [0.1, 0.15) is 0 Å². The van der Waals surface area contributed by atoms with Crippen molar-refractivity contribution >= 4 is 10.9 Å². The SMILES string of the molecule is CC(C)COCCCNCc1ccc2ccccc2n1. The van der Waals surface area contributed by atoms with Crippen LogP contribution in [0.1, 0.15) is 26.0 Å². The summed E-state index contributed by atoms with van der Waals surface area (Å²) in [7, 11) is 0. The van der Waals surface area contributed by atoms with E-state index in [0.29, 0.717) is 5.92 Å². The van der Waals surface area contributed by atoms with E-state index in [1.54, 1.807) is 0 Å². The lowest BCUT2D eigenvalue weighted by Gasteiger charge is -2.08. The number of ether oxygens (including phenoxy) is 1. The molecule has 0 aliphatic carbocycles. The molecule has 0 saturated carbocycles. The van der Waals surface area contributed by atoms with Gasteiger partial charge < -0.3 is 10.1 Å². The number of hydrogen-bond donors (Lipinski definition) is 1. The Bertz CT molecular complexity index is 525. The number of fused-ring (bicyclic) bond motifs is 1. The first-order chi connectivity index (χ1) is 9.75. The first-order valence-electron chi connectivity index (χ1n) is 7.39. The summed E-state index contributed by atoms with van der Waals surface area (Å²) in [4.78, 5) is 4.64. The van der Waals surface area contributed by atoms with Gasteiger partial charge in [0.2, 0.25) is 0 Å². The van der Waals surface area contributed by atoms with E-state index in [1.165, 1.54) is 5.39 Å². The molecule has 1 aromatic carbocycles. The number of para-hydroxylation sites is 1. The van der Waals surface area contributed by atoms with E-state index in [4.69, 9.17) is 4.74 Å². The van der Waals surface area contributed by atoms with Crippen molar-refractivity contribution < 1.29 is 4.74 Å². The molecule has 0 bridgehead atoms. The van der Waals surface area contributed by atoms with Gasteiger partial charge in [-0.2, -0.15) is 0 Å². The van der Waals surface area contributed by atoms with Crippen LogP contribution in [0.3, 0.4) is 0 Å². The summed E-state index contributed by atoms with van der Waals surface area (Å²) in [5.41, 5.74) is 2.15. The van der Waals surface area contributed by atoms with Crippen LogP contribution >= 0.6 is 0 Å². The van der Waals surface area contributed by atoms with Crippen molar-refractivity contribution in [1.82, 2.24) is 10.3 Å². The van der Waals surface area contributed by atoms with Gasteiger partial charge in [-0.1, -0.05) is 38.1 Å². The maximum absolute atomic E-state index is 5.55. The van der Waals surface area contributed by atoms with Gasteiger partial charge >= 0.3 is 0 Å². The Hall–Kier alpha value is -1.45. The fourth-order valence-electron chi connectivity index (χ4n) is 2.04. The minimum absolute atomic E-state index is 0.616. The Labute approximate surface area is 121 Å². The summed E-state index contributed by atoms with van der Waals surface area (Å²) in [5.74, 6) is 0.616. The molecule has 1 N–H and O–H groups in total. The fourth-order valence-corrected chi connectivity index (χ4v) is 2.04. The van der Waals surface area contributed by atoms with Crippen LogP contribution in [-0.2, 0) is 11.3 Å². The van der Waals surface area contributed by atoms with Crippen LogP contribution in [0.25, 0.3) is 10.9 Å². The molecule has 3 nitrogen and oxygen atoms in total. The van der Waals surface area contributed by atoms with E-state index in [1.807, 2.05) is 12.1 Å². The average Bonchev–Trinajstić information content (AvgIpc) is 2.46. The molecular formula is C17H24N2O. The van der Waals surface area contributed by atoms with Crippen LogP contribution in [0, 0.1) is 5.92 Å². The Morgan fingerprint density at radius 1 is 1.15 bits per heavy atom. The first kappa shape index (κ1) is 14.9. The zero-order valence-electron chi connectivity index (χ0n) is 12.4. The lowest BCUT2D eigenvalue weighted by atomic mass is 10.2. The summed E-state index contributed by atoms with van der Waals surface area (Å²) >= 11 is 0. The van der Waals surface area contributed by atoms with Crippen molar-refractivity contribution in [3.8, 4) is 0 Å². The number of hydrogen-bond acceptors (Lipinski definition) is 3. The molecule has 0 amide bonds. The number of pyridine rings is 1. The van der Waals surface area contributed by atoms with Gasteiger partial charge in [-0.25, -0.2) is 0 Å². The summed E-state index contributed by atoms with van der Waals surface area (Å²) in [6.07, 6.45) is 1.04. The molecule has 2 rings (SSSR count). The van der Waals surface area contributed by atoms with Gasteiger partial charge in [-0.3, -0.25) is 4.98 Å². The second-order valence-electron chi connectivity index (χ2n) is 5.49. The first-order valence-corrected chi connectivity index (χ1v) is 7.39. The predicted molar refractivity (Wildman–Crippen MR) is 83.7 cm³/mol. The molecule has 0 aliphatic heterocycles. The van der Waals surface area contributed by atoms with E-state index in [0.717, 1.165) is 43.9 Å². The molecule has 1 heterocycles. The van der Waals surface area contributed by atoms with E-state index in [9.17, 15) is 0 Å². The third-order valence-electron chi connectivity index (χ3n) is 3.06. The molecule has 0 atom stereocenters. The lowest BCUT2D eigenvalue weighted by molar-refractivity contribution is 0.108. The molecule has 0 fully saturated rings.